The van der Waals surface area contributed by atoms with Crippen molar-refractivity contribution in [1.82, 2.24) is 0 Å². The molecule has 0 aromatic carbocycles. The Labute approximate surface area is 375 Å². The number of aliphatic hydroxyl groups is 2. The molecule has 0 saturated heterocycles. The number of phosphoric ester groups is 1. The van der Waals surface area contributed by atoms with Gasteiger partial charge in [0.25, 0.3) is 0 Å². The van der Waals surface area contributed by atoms with Gasteiger partial charge in [-0.3, -0.25) is 18.6 Å². The summed E-state index contributed by atoms with van der Waals surface area (Å²) in [6, 6.07) is 0. The van der Waals surface area contributed by atoms with Gasteiger partial charge in [0.05, 0.1) is 19.8 Å². The fourth-order valence-corrected chi connectivity index (χ4v) is 8.25. The fraction of sp³-hybridized carbons (Fsp3) is 0.920. The molecule has 0 spiro atoms. The highest BCUT2D eigenvalue weighted by atomic mass is 31.2. The number of esters is 2. The number of hydrogen-bond acceptors (Lipinski definition) is 9. The molecule has 0 heterocycles. The summed E-state index contributed by atoms with van der Waals surface area (Å²) in [6.07, 6.45) is 47.6. The van der Waals surface area contributed by atoms with Gasteiger partial charge in [0.2, 0.25) is 0 Å². The molecule has 0 fully saturated rings. The number of rotatable bonds is 49. The van der Waals surface area contributed by atoms with Crippen molar-refractivity contribution in [2.24, 2.45) is 0 Å². The summed E-state index contributed by atoms with van der Waals surface area (Å²) in [4.78, 5) is 35.1. The first-order chi connectivity index (χ1) is 29.7. The maximum atomic E-state index is 12.7. The Morgan fingerprint density at radius 2 is 0.803 bits per heavy atom. The van der Waals surface area contributed by atoms with Crippen LogP contribution >= 0.6 is 7.82 Å². The van der Waals surface area contributed by atoms with Crippen molar-refractivity contribution in [3.8, 4) is 0 Å². The van der Waals surface area contributed by atoms with Gasteiger partial charge < -0.3 is 24.6 Å². The van der Waals surface area contributed by atoms with E-state index in [2.05, 4.69) is 26.0 Å². The third-order valence-corrected chi connectivity index (χ3v) is 12.4. The predicted octanol–water partition coefficient (Wildman–Crippen LogP) is 14.3. The zero-order chi connectivity index (χ0) is 44.8. The van der Waals surface area contributed by atoms with Gasteiger partial charge in [-0.05, 0) is 38.5 Å². The number of ether oxygens (including phenoxy) is 2. The molecule has 0 rings (SSSR count). The number of carbonyl (C=O) groups is 2. The van der Waals surface area contributed by atoms with Gasteiger partial charge in [-0.15, -0.1) is 0 Å². The lowest BCUT2D eigenvalue weighted by molar-refractivity contribution is -0.161. The van der Waals surface area contributed by atoms with Gasteiger partial charge in [0.1, 0.15) is 12.7 Å². The standard InChI is InChI=1S/C50H97O10P/c1-3-5-7-9-11-13-15-17-19-20-21-22-23-24-25-26-28-30-32-34-36-38-40-42-50(54)60-48(46-59-61(55,56)58-44-47(52)43-51)45-57-49(53)41-39-37-35-33-31-29-27-18-16-14-12-10-8-6-4-2/h18,27,47-48,51-52H,3-17,19-26,28-46H2,1-2H3,(H,55,56)/b27-18+/t47-,48+/m0/s1. The van der Waals surface area contributed by atoms with Crippen molar-refractivity contribution < 1.29 is 47.8 Å². The molecule has 3 N–H and O–H groups in total. The molecule has 1 unspecified atom stereocenters. The van der Waals surface area contributed by atoms with E-state index in [0.29, 0.717) is 12.8 Å². The van der Waals surface area contributed by atoms with Crippen molar-refractivity contribution in [3.63, 3.8) is 0 Å². The second-order valence-electron chi connectivity index (χ2n) is 17.6. The largest absolute Gasteiger partial charge is 0.472 e. The zero-order valence-corrected chi connectivity index (χ0v) is 40.5. The lowest BCUT2D eigenvalue weighted by Crippen LogP contribution is -2.29. The lowest BCUT2D eigenvalue weighted by atomic mass is 10.0. The van der Waals surface area contributed by atoms with Crippen LogP contribution in [0.1, 0.15) is 258 Å². The lowest BCUT2D eigenvalue weighted by Gasteiger charge is -2.20. The molecule has 362 valence electrons. The molecule has 3 atom stereocenters. The minimum Gasteiger partial charge on any atom is -0.462 e. The van der Waals surface area contributed by atoms with Crippen LogP contribution in [0, 0.1) is 0 Å². The van der Waals surface area contributed by atoms with Crippen LogP contribution in [0.4, 0.5) is 0 Å². The summed E-state index contributed by atoms with van der Waals surface area (Å²) >= 11 is 0. The van der Waals surface area contributed by atoms with E-state index in [1.807, 2.05) is 0 Å². The van der Waals surface area contributed by atoms with Crippen LogP contribution in [0.2, 0.25) is 0 Å². The van der Waals surface area contributed by atoms with E-state index in [4.69, 9.17) is 23.6 Å². The van der Waals surface area contributed by atoms with Crippen LogP contribution < -0.4 is 0 Å². The second kappa shape index (κ2) is 46.7. The van der Waals surface area contributed by atoms with Crippen molar-refractivity contribution in [3.05, 3.63) is 12.2 Å². The van der Waals surface area contributed by atoms with Crippen LogP contribution in [0.3, 0.4) is 0 Å². The predicted molar refractivity (Wildman–Crippen MR) is 252 cm³/mol. The van der Waals surface area contributed by atoms with E-state index < -0.39 is 51.8 Å². The Hall–Kier alpha value is -1.29. The monoisotopic (exact) mass is 889 g/mol. The summed E-state index contributed by atoms with van der Waals surface area (Å²) in [5.74, 6) is -0.919. The molecule has 0 amide bonds. The van der Waals surface area contributed by atoms with Gasteiger partial charge in [0.15, 0.2) is 6.10 Å². The Kier molecular flexibility index (Phi) is 45.7. The topological polar surface area (TPSA) is 149 Å². The molecule has 0 aromatic heterocycles. The van der Waals surface area contributed by atoms with Crippen LogP contribution in [-0.4, -0.2) is 65.7 Å². The average Bonchev–Trinajstić information content (AvgIpc) is 3.25. The molecular formula is C50H97O10P. The first-order valence-electron chi connectivity index (χ1n) is 25.6. The number of unbranched alkanes of at least 4 members (excludes halogenated alkanes) is 33. The van der Waals surface area contributed by atoms with E-state index in [0.717, 1.165) is 51.4 Å². The SMILES string of the molecule is CCCCCCCC/C=C/CCCCCCCC(=O)OC[C@H](COP(=O)(O)OC[C@@H](O)CO)OC(=O)CCCCCCCCCCCCCCCCCCCCCCCCC. The van der Waals surface area contributed by atoms with Gasteiger partial charge in [-0.1, -0.05) is 219 Å². The molecule has 10 nitrogen and oxygen atoms in total. The number of hydrogen-bond donors (Lipinski definition) is 3. The zero-order valence-electron chi connectivity index (χ0n) is 39.7. The molecule has 0 aromatic rings. The smallest absolute Gasteiger partial charge is 0.462 e. The summed E-state index contributed by atoms with van der Waals surface area (Å²) in [6.45, 7) is 2.42. The first kappa shape index (κ1) is 59.7. The van der Waals surface area contributed by atoms with Crippen molar-refractivity contribution >= 4 is 19.8 Å². The minimum atomic E-state index is -4.62. The molecule has 0 aliphatic heterocycles. The fourth-order valence-electron chi connectivity index (χ4n) is 7.46. The Balaban J connectivity index is 4.12. The van der Waals surface area contributed by atoms with Crippen molar-refractivity contribution in [2.45, 2.75) is 270 Å². The summed E-state index contributed by atoms with van der Waals surface area (Å²) in [7, 11) is -4.62. The summed E-state index contributed by atoms with van der Waals surface area (Å²) < 4.78 is 32.8. The van der Waals surface area contributed by atoms with E-state index in [1.165, 1.54) is 167 Å². The normalized spacial score (nSPS) is 13.7. The van der Waals surface area contributed by atoms with Gasteiger partial charge >= 0.3 is 19.8 Å². The Bertz CT molecular complexity index is 1020. The van der Waals surface area contributed by atoms with Gasteiger partial charge in [0, 0.05) is 12.8 Å². The quantitative estimate of drug-likeness (QED) is 0.0233. The van der Waals surface area contributed by atoms with Gasteiger partial charge in [-0.25, -0.2) is 4.57 Å². The van der Waals surface area contributed by atoms with Crippen molar-refractivity contribution in [1.29, 1.82) is 0 Å². The number of carbonyl (C=O) groups excluding carboxylic acids is 2. The molecule has 61 heavy (non-hydrogen) atoms. The maximum absolute atomic E-state index is 12.7. The van der Waals surface area contributed by atoms with Crippen LogP contribution in [-0.2, 0) is 32.7 Å². The van der Waals surface area contributed by atoms with E-state index in [1.54, 1.807) is 0 Å². The molecule has 0 aliphatic carbocycles. The number of allylic oxidation sites excluding steroid dienone is 2. The minimum absolute atomic E-state index is 0.189. The molecule has 0 radical (unpaired) electrons. The van der Waals surface area contributed by atoms with Crippen molar-refractivity contribution in [2.75, 3.05) is 26.4 Å². The van der Waals surface area contributed by atoms with Crippen LogP contribution in [0.5, 0.6) is 0 Å². The summed E-state index contributed by atoms with van der Waals surface area (Å²) in [5.41, 5.74) is 0. The molecule has 11 heteroatoms. The number of aliphatic hydroxyl groups excluding tert-OH is 2. The molecule has 0 aliphatic rings. The third kappa shape index (κ3) is 46.5. The molecule has 0 saturated carbocycles. The Morgan fingerprint density at radius 1 is 0.475 bits per heavy atom. The highest BCUT2D eigenvalue weighted by molar-refractivity contribution is 7.47. The first-order valence-corrected chi connectivity index (χ1v) is 27.1. The Morgan fingerprint density at radius 3 is 1.18 bits per heavy atom. The van der Waals surface area contributed by atoms with Crippen LogP contribution in [0.25, 0.3) is 0 Å². The molecular weight excluding hydrogens is 792 g/mol. The van der Waals surface area contributed by atoms with E-state index >= 15 is 0 Å². The third-order valence-electron chi connectivity index (χ3n) is 11.4. The number of phosphoric acid groups is 1. The molecule has 0 bridgehead atoms. The van der Waals surface area contributed by atoms with E-state index in [9.17, 15) is 24.2 Å². The van der Waals surface area contributed by atoms with Gasteiger partial charge in [-0.2, -0.15) is 0 Å². The van der Waals surface area contributed by atoms with E-state index in [-0.39, 0.29) is 19.4 Å². The second-order valence-corrected chi connectivity index (χ2v) is 19.0. The summed E-state index contributed by atoms with van der Waals surface area (Å²) in [5, 5.41) is 18.4. The average molecular weight is 889 g/mol. The van der Waals surface area contributed by atoms with Crippen LogP contribution in [0.15, 0.2) is 12.2 Å². The highest BCUT2D eigenvalue weighted by Gasteiger charge is 2.27. The highest BCUT2D eigenvalue weighted by Crippen LogP contribution is 2.43. The maximum Gasteiger partial charge on any atom is 0.472 e.